The van der Waals surface area contributed by atoms with Crippen molar-refractivity contribution in [2.75, 3.05) is 0 Å². The van der Waals surface area contributed by atoms with Gasteiger partial charge in [-0.1, -0.05) is 24.3 Å². The van der Waals surface area contributed by atoms with E-state index in [0.29, 0.717) is 6.54 Å². The van der Waals surface area contributed by atoms with Crippen LogP contribution >= 0.6 is 0 Å². The zero-order valence-corrected chi connectivity index (χ0v) is 8.97. The Morgan fingerprint density at radius 3 is 2.53 bits per heavy atom. The molecule has 0 bridgehead atoms. The van der Waals surface area contributed by atoms with Gasteiger partial charge >= 0.3 is 5.69 Å². The Kier molecular flexibility index (Phi) is 2.46. The fraction of sp³-hybridized carbons (Fsp3) is 0.250. The van der Waals surface area contributed by atoms with E-state index in [9.17, 15) is 4.79 Å². The summed E-state index contributed by atoms with van der Waals surface area (Å²) in [5, 5.41) is 0. The molecule has 1 heterocycles. The van der Waals surface area contributed by atoms with Gasteiger partial charge in [0.1, 0.15) is 0 Å². The fourth-order valence-electron chi connectivity index (χ4n) is 1.60. The van der Waals surface area contributed by atoms with Crippen LogP contribution in [0.15, 0.2) is 41.5 Å². The average molecular weight is 202 g/mol. The van der Waals surface area contributed by atoms with Crippen molar-refractivity contribution in [1.29, 1.82) is 0 Å². The lowest BCUT2D eigenvalue weighted by atomic mass is 10.1. The Morgan fingerprint density at radius 2 is 1.93 bits per heavy atom. The Hall–Kier alpha value is -1.77. The van der Waals surface area contributed by atoms with Gasteiger partial charge in [-0.25, -0.2) is 4.79 Å². The molecule has 0 aliphatic heterocycles. The van der Waals surface area contributed by atoms with Gasteiger partial charge in [0.25, 0.3) is 0 Å². The maximum atomic E-state index is 11.6. The molecule has 0 aliphatic carbocycles. The molecule has 0 saturated heterocycles. The number of hydrogen-bond donors (Lipinski definition) is 0. The molecule has 0 aliphatic rings. The number of imidazole rings is 1. The van der Waals surface area contributed by atoms with E-state index >= 15 is 0 Å². The summed E-state index contributed by atoms with van der Waals surface area (Å²) in [5.41, 5.74) is 2.43. The zero-order chi connectivity index (χ0) is 10.8. The summed E-state index contributed by atoms with van der Waals surface area (Å²) in [7, 11) is 1.76. The van der Waals surface area contributed by atoms with E-state index in [1.165, 1.54) is 11.1 Å². The normalized spacial score (nSPS) is 10.5. The van der Waals surface area contributed by atoms with Gasteiger partial charge in [-0.3, -0.25) is 4.57 Å². The van der Waals surface area contributed by atoms with E-state index in [0.717, 1.165) is 0 Å². The molecular weight excluding hydrogens is 188 g/mol. The molecule has 78 valence electrons. The summed E-state index contributed by atoms with van der Waals surface area (Å²) in [6.45, 7) is 2.70. The topological polar surface area (TPSA) is 26.9 Å². The van der Waals surface area contributed by atoms with Crippen LogP contribution in [0.4, 0.5) is 0 Å². The standard InChI is InChI=1S/C12H14N2O/c1-10-5-3-4-6-11(10)9-14-8-7-13(2)12(14)15/h3-8H,9H2,1-2H3. The van der Waals surface area contributed by atoms with Gasteiger partial charge in [0.15, 0.2) is 0 Å². The van der Waals surface area contributed by atoms with Crippen LogP contribution in [0.25, 0.3) is 0 Å². The molecule has 2 rings (SSSR count). The van der Waals surface area contributed by atoms with Crippen molar-refractivity contribution in [3.8, 4) is 0 Å². The van der Waals surface area contributed by atoms with Crippen LogP contribution in [-0.2, 0) is 13.6 Å². The molecule has 0 amide bonds. The number of rotatable bonds is 2. The lowest BCUT2D eigenvalue weighted by molar-refractivity contribution is 0.715. The third kappa shape index (κ3) is 1.86. The molecule has 3 nitrogen and oxygen atoms in total. The first-order chi connectivity index (χ1) is 7.18. The largest absolute Gasteiger partial charge is 0.328 e. The Bertz CT molecular complexity index is 522. The molecule has 0 spiro atoms. The minimum atomic E-state index is 0.0262. The fourth-order valence-corrected chi connectivity index (χ4v) is 1.60. The summed E-state index contributed by atoms with van der Waals surface area (Å²) < 4.78 is 3.29. The Labute approximate surface area is 88.6 Å². The van der Waals surface area contributed by atoms with Crippen molar-refractivity contribution in [1.82, 2.24) is 9.13 Å². The number of aromatic nitrogens is 2. The zero-order valence-electron chi connectivity index (χ0n) is 8.97. The summed E-state index contributed by atoms with van der Waals surface area (Å²) in [6.07, 6.45) is 3.59. The molecule has 0 unspecified atom stereocenters. The van der Waals surface area contributed by atoms with Crippen LogP contribution in [0.2, 0.25) is 0 Å². The highest BCUT2D eigenvalue weighted by atomic mass is 16.1. The molecule has 0 atom stereocenters. The van der Waals surface area contributed by atoms with E-state index in [1.54, 1.807) is 22.4 Å². The van der Waals surface area contributed by atoms with Gasteiger partial charge in [-0.2, -0.15) is 0 Å². The first-order valence-corrected chi connectivity index (χ1v) is 4.95. The molecule has 2 aromatic rings. The third-order valence-electron chi connectivity index (χ3n) is 2.62. The highest BCUT2D eigenvalue weighted by molar-refractivity contribution is 5.25. The van der Waals surface area contributed by atoms with E-state index in [2.05, 4.69) is 19.1 Å². The first kappa shape index (κ1) is 9.77. The van der Waals surface area contributed by atoms with Gasteiger partial charge in [-0.15, -0.1) is 0 Å². The Morgan fingerprint density at radius 1 is 1.20 bits per heavy atom. The van der Waals surface area contributed by atoms with Gasteiger partial charge < -0.3 is 4.57 Å². The summed E-state index contributed by atoms with van der Waals surface area (Å²) in [4.78, 5) is 11.6. The predicted molar refractivity (Wildman–Crippen MR) is 60.0 cm³/mol. The lowest BCUT2D eigenvalue weighted by Gasteiger charge is -2.05. The van der Waals surface area contributed by atoms with Crippen LogP contribution in [0.1, 0.15) is 11.1 Å². The monoisotopic (exact) mass is 202 g/mol. The van der Waals surface area contributed by atoms with Crippen molar-refractivity contribution in [2.45, 2.75) is 13.5 Å². The number of benzene rings is 1. The third-order valence-corrected chi connectivity index (χ3v) is 2.62. The van der Waals surface area contributed by atoms with Crippen LogP contribution in [0, 0.1) is 6.92 Å². The molecular formula is C12H14N2O. The number of hydrogen-bond acceptors (Lipinski definition) is 1. The quantitative estimate of drug-likeness (QED) is 0.725. The molecule has 3 heteroatoms. The molecule has 15 heavy (non-hydrogen) atoms. The SMILES string of the molecule is Cc1ccccc1Cn1ccn(C)c1=O. The summed E-state index contributed by atoms with van der Waals surface area (Å²) >= 11 is 0. The second-order valence-corrected chi connectivity index (χ2v) is 3.75. The van der Waals surface area contributed by atoms with Gasteiger partial charge in [0.05, 0.1) is 6.54 Å². The first-order valence-electron chi connectivity index (χ1n) is 4.95. The van der Waals surface area contributed by atoms with Gasteiger partial charge in [-0.05, 0) is 18.1 Å². The van der Waals surface area contributed by atoms with Gasteiger partial charge in [0, 0.05) is 19.4 Å². The average Bonchev–Trinajstić information content (AvgIpc) is 2.53. The summed E-state index contributed by atoms with van der Waals surface area (Å²) in [5.74, 6) is 0. The summed E-state index contributed by atoms with van der Waals surface area (Å²) in [6, 6.07) is 8.11. The van der Waals surface area contributed by atoms with Crippen LogP contribution < -0.4 is 5.69 Å². The molecule has 1 aromatic carbocycles. The van der Waals surface area contributed by atoms with Crippen LogP contribution in [0.5, 0.6) is 0 Å². The van der Waals surface area contributed by atoms with Crippen molar-refractivity contribution >= 4 is 0 Å². The Balaban J connectivity index is 2.34. The lowest BCUT2D eigenvalue weighted by Crippen LogP contribution is -2.22. The second kappa shape index (κ2) is 3.77. The smallest absolute Gasteiger partial charge is 0.302 e. The van der Waals surface area contributed by atoms with Gasteiger partial charge in [0.2, 0.25) is 0 Å². The number of aryl methyl sites for hydroxylation is 2. The highest BCUT2D eigenvalue weighted by Crippen LogP contribution is 2.07. The van der Waals surface area contributed by atoms with E-state index in [1.807, 2.05) is 18.3 Å². The highest BCUT2D eigenvalue weighted by Gasteiger charge is 2.02. The molecule has 0 radical (unpaired) electrons. The van der Waals surface area contributed by atoms with Crippen molar-refractivity contribution < 1.29 is 0 Å². The molecule has 0 saturated carbocycles. The maximum absolute atomic E-state index is 11.6. The minimum Gasteiger partial charge on any atom is -0.302 e. The minimum absolute atomic E-state index is 0.0262. The maximum Gasteiger partial charge on any atom is 0.328 e. The molecule has 0 N–H and O–H groups in total. The molecule has 0 fully saturated rings. The van der Waals surface area contributed by atoms with E-state index < -0.39 is 0 Å². The van der Waals surface area contributed by atoms with Crippen LogP contribution in [0.3, 0.4) is 0 Å². The van der Waals surface area contributed by atoms with E-state index in [4.69, 9.17) is 0 Å². The second-order valence-electron chi connectivity index (χ2n) is 3.75. The molecule has 1 aromatic heterocycles. The van der Waals surface area contributed by atoms with Crippen molar-refractivity contribution in [3.05, 3.63) is 58.3 Å². The predicted octanol–water partition coefficient (Wildman–Crippen LogP) is 1.54. The number of nitrogens with zero attached hydrogens (tertiary/aromatic N) is 2. The van der Waals surface area contributed by atoms with Crippen molar-refractivity contribution in [2.24, 2.45) is 7.05 Å². The van der Waals surface area contributed by atoms with Crippen LogP contribution in [-0.4, -0.2) is 9.13 Å². The van der Waals surface area contributed by atoms with E-state index in [-0.39, 0.29) is 5.69 Å². The van der Waals surface area contributed by atoms with Crippen molar-refractivity contribution in [3.63, 3.8) is 0 Å².